The lowest BCUT2D eigenvalue weighted by atomic mass is 9.86. The topological polar surface area (TPSA) is 29.1 Å². The second-order valence-electron chi connectivity index (χ2n) is 5.32. The molecule has 2 nitrogen and oxygen atoms in total. The van der Waals surface area contributed by atoms with Gasteiger partial charge in [-0.2, -0.15) is 0 Å². The van der Waals surface area contributed by atoms with Crippen molar-refractivity contribution in [1.82, 2.24) is 5.32 Å². The van der Waals surface area contributed by atoms with Crippen LogP contribution in [0.15, 0.2) is 18.2 Å². The number of carbonyl (C=O) groups excluding carboxylic acids is 1. The van der Waals surface area contributed by atoms with Crippen molar-refractivity contribution in [3.05, 3.63) is 34.9 Å². The van der Waals surface area contributed by atoms with Crippen LogP contribution in [0, 0.1) is 0 Å². The van der Waals surface area contributed by atoms with Crippen LogP contribution in [0.25, 0.3) is 0 Å². The second kappa shape index (κ2) is 4.91. The summed E-state index contributed by atoms with van der Waals surface area (Å²) in [6, 6.07) is 7.12. The quantitative estimate of drug-likeness (QED) is 0.833. The minimum atomic E-state index is 0.0808. The van der Waals surface area contributed by atoms with Crippen LogP contribution in [-0.2, 0) is 17.6 Å². The second-order valence-corrected chi connectivity index (χ2v) is 5.32. The van der Waals surface area contributed by atoms with E-state index >= 15 is 0 Å². The highest BCUT2D eigenvalue weighted by Gasteiger charge is 2.19. The van der Waals surface area contributed by atoms with E-state index in [1.54, 1.807) is 6.92 Å². The van der Waals surface area contributed by atoms with E-state index in [1.165, 1.54) is 16.7 Å². The van der Waals surface area contributed by atoms with Crippen LogP contribution in [0.5, 0.6) is 0 Å². The normalized spacial score (nSPS) is 18.9. The van der Waals surface area contributed by atoms with E-state index in [0.29, 0.717) is 12.0 Å². The first kappa shape index (κ1) is 12.2. The minimum absolute atomic E-state index is 0.0808. The molecule has 92 valence electrons. The maximum Gasteiger partial charge on any atom is 0.217 e. The lowest BCUT2D eigenvalue weighted by Crippen LogP contribution is -2.37. The fourth-order valence-electron chi connectivity index (χ4n) is 2.54. The molecular weight excluding hydrogens is 210 g/mol. The SMILES string of the molecule is CC(=O)NC1CCc2cc(C(C)C)ccc2C1. The molecule has 1 aliphatic carbocycles. The Morgan fingerprint density at radius 2 is 2.12 bits per heavy atom. The maximum absolute atomic E-state index is 11.1. The highest BCUT2D eigenvalue weighted by molar-refractivity contribution is 5.73. The van der Waals surface area contributed by atoms with Crippen molar-refractivity contribution in [2.24, 2.45) is 0 Å². The summed E-state index contributed by atoms with van der Waals surface area (Å²) in [5.41, 5.74) is 4.29. The Labute approximate surface area is 103 Å². The van der Waals surface area contributed by atoms with E-state index in [2.05, 4.69) is 37.4 Å². The van der Waals surface area contributed by atoms with Crippen LogP contribution in [0.3, 0.4) is 0 Å². The van der Waals surface area contributed by atoms with Crippen molar-refractivity contribution < 1.29 is 4.79 Å². The lowest BCUT2D eigenvalue weighted by Gasteiger charge is -2.26. The monoisotopic (exact) mass is 231 g/mol. The molecule has 0 radical (unpaired) electrons. The van der Waals surface area contributed by atoms with Crippen LogP contribution < -0.4 is 5.32 Å². The van der Waals surface area contributed by atoms with Gasteiger partial charge in [0.05, 0.1) is 0 Å². The van der Waals surface area contributed by atoms with Gasteiger partial charge in [-0.1, -0.05) is 32.0 Å². The van der Waals surface area contributed by atoms with Gasteiger partial charge in [0.2, 0.25) is 5.91 Å². The van der Waals surface area contributed by atoms with Crippen LogP contribution >= 0.6 is 0 Å². The van der Waals surface area contributed by atoms with E-state index in [1.807, 2.05) is 0 Å². The molecular formula is C15H21NO. The molecule has 0 aliphatic heterocycles. The Kier molecular flexibility index (Phi) is 3.51. The summed E-state index contributed by atoms with van der Waals surface area (Å²) in [5, 5.41) is 3.02. The number of fused-ring (bicyclic) bond motifs is 1. The molecule has 1 aromatic rings. The third-order valence-corrected chi connectivity index (χ3v) is 3.53. The molecule has 0 fully saturated rings. The fraction of sp³-hybridized carbons (Fsp3) is 0.533. The molecule has 2 heteroatoms. The van der Waals surface area contributed by atoms with Crippen molar-refractivity contribution in [3.8, 4) is 0 Å². The molecule has 1 N–H and O–H groups in total. The lowest BCUT2D eigenvalue weighted by molar-refractivity contribution is -0.119. The van der Waals surface area contributed by atoms with E-state index in [0.717, 1.165) is 19.3 Å². The number of amides is 1. The van der Waals surface area contributed by atoms with E-state index in [9.17, 15) is 4.79 Å². The van der Waals surface area contributed by atoms with Gasteiger partial charge in [0.1, 0.15) is 0 Å². The predicted molar refractivity (Wildman–Crippen MR) is 70.2 cm³/mol. The van der Waals surface area contributed by atoms with E-state index in [4.69, 9.17) is 0 Å². The molecule has 1 amide bonds. The molecule has 0 aromatic heterocycles. The van der Waals surface area contributed by atoms with E-state index in [-0.39, 0.29) is 5.91 Å². The molecule has 1 aromatic carbocycles. The van der Waals surface area contributed by atoms with Gasteiger partial charge in [0, 0.05) is 13.0 Å². The molecule has 0 bridgehead atoms. The average molecular weight is 231 g/mol. The van der Waals surface area contributed by atoms with Crippen molar-refractivity contribution in [2.45, 2.75) is 52.0 Å². The summed E-state index contributed by atoms with van der Waals surface area (Å²) in [6.45, 7) is 6.05. The molecule has 17 heavy (non-hydrogen) atoms. The average Bonchev–Trinajstić information content (AvgIpc) is 2.27. The van der Waals surface area contributed by atoms with Gasteiger partial charge in [-0.25, -0.2) is 0 Å². The number of aryl methyl sites for hydroxylation is 1. The number of nitrogens with one attached hydrogen (secondary N) is 1. The van der Waals surface area contributed by atoms with Crippen molar-refractivity contribution in [3.63, 3.8) is 0 Å². The van der Waals surface area contributed by atoms with Crippen molar-refractivity contribution in [2.75, 3.05) is 0 Å². The standard InChI is InChI=1S/C15H21NO/c1-10(2)12-4-5-14-9-15(16-11(3)17)7-6-13(14)8-12/h4-5,8,10,15H,6-7,9H2,1-3H3,(H,16,17). The third kappa shape index (κ3) is 2.87. The molecule has 1 atom stereocenters. The Morgan fingerprint density at radius 1 is 1.35 bits per heavy atom. The summed E-state index contributed by atoms with van der Waals surface area (Å²) >= 11 is 0. The number of carbonyl (C=O) groups is 1. The smallest absolute Gasteiger partial charge is 0.217 e. The van der Waals surface area contributed by atoms with Gasteiger partial charge in [-0.05, 0) is 41.9 Å². The summed E-state index contributed by atoms with van der Waals surface area (Å²) in [4.78, 5) is 11.1. The zero-order valence-electron chi connectivity index (χ0n) is 10.9. The van der Waals surface area contributed by atoms with Gasteiger partial charge in [-0.15, -0.1) is 0 Å². The zero-order chi connectivity index (χ0) is 12.4. The zero-order valence-corrected chi connectivity index (χ0v) is 10.9. The summed E-state index contributed by atoms with van der Waals surface area (Å²) in [7, 11) is 0. The molecule has 1 aliphatic rings. The highest BCUT2D eigenvalue weighted by atomic mass is 16.1. The number of hydrogen-bond acceptors (Lipinski definition) is 1. The maximum atomic E-state index is 11.1. The molecule has 0 saturated heterocycles. The first-order chi connectivity index (χ1) is 8.06. The summed E-state index contributed by atoms with van der Waals surface area (Å²) in [6.07, 6.45) is 3.13. The van der Waals surface area contributed by atoms with Gasteiger partial charge >= 0.3 is 0 Å². The summed E-state index contributed by atoms with van der Waals surface area (Å²) in [5.74, 6) is 0.672. The van der Waals surface area contributed by atoms with Crippen molar-refractivity contribution >= 4 is 5.91 Å². The Hall–Kier alpha value is -1.31. The van der Waals surface area contributed by atoms with Crippen LogP contribution in [0.4, 0.5) is 0 Å². The minimum Gasteiger partial charge on any atom is -0.353 e. The molecule has 2 rings (SSSR count). The van der Waals surface area contributed by atoms with Gasteiger partial charge in [-0.3, -0.25) is 4.79 Å². The third-order valence-electron chi connectivity index (χ3n) is 3.53. The summed E-state index contributed by atoms with van der Waals surface area (Å²) < 4.78 is 0. The number of hydrogen-bond donors (Lipinski definition) is 1. The fourth-order valence-corrected chi connectivity index (χ4v) is 2.54. The molecule has 0 heterocycles. The first-order valence-corrected chi connectivity index (χ1v) is 6.45. The highest BCUT2D eigenvalue weighted by Crippen LogP contribution is 2.25. The molecule has 1 unspecified atom stereocenters. The Balaban J connectivity index is 2.14. The van der Waals surface area contributed by atoms with Gasteiger partial charge in [0.25, 0.3) is 0 Å². The first-order valence-electron chi connectivity index (χ1n) is 6.45. The predicted octanol–water partition coefficient (Wildman–Crippen LogP) is 2.80. The van der Waals surface area contributed by atoms with Crippen LogP contribution in [-0.4, -0.2) is 11.9 Å². The van der Waals surface area contributed by atoms with Crippen LogP contribution in [0.1, 0.15) is 49.8 Å². The molecule has 0 saturated carbocycles. The van der Waals surface area contributed by atoms with Crippen LogP contribution in [0.2, 0.25) is 0 Å². The van der Waals surface area contributed by atoms with Gasteiger partial charge in [0.15, 0.2) is 0 Å². The number of benzene rings is 1. The Morgan fingerprint density at radius 3 is 2.76 bits per heavy atom. The van der Waals surface area contributed by atoms with Crippen molar-refractivity contribution in [1.29, 1.82) is 0 Å². The van der Waals surface area contributed by atoms with E-state index < -0.39 is 0 Å². The Bertz CT molecular complexity index is 423. The number of rotatable bonds is 2. The van der Waals surface area contributed by atoms with Gasteiger partial charge < -0.3 is 5.32 Å². The largest absolute Gasteiger partial charge is 0.353 e. The molecule has 0 spiro atoms.